The van der Waals surface area contributed by atoms with E-state index in [-0.39, 0.29) is 11.1 Å². The molecule has 4 aromatic carbocycles. The first-order chi connectivity index (χ1) is 26.2. The molecule has 0 saturated heterocycles. The van der Waals surface area contributed by atoms with Gasteiger partial charge in [-0.1, -0.05) is 42.5 Å². The van der Waals surface area contributed by atoms with Gasteiger partial charge in [0.25, 0.3) is 20.2 Å². The molecule has 0 radical (unpaired) electrons. The third kappa shape index (κ3) is 10.1. The average molecular weight is 855 g/mol. The number of nitrogens with one attached hydrogen (secondary N) is 3. The number of hydrogen-bond donors (Lipinski definition) is 5. The van der Waals surface area contributed by atoms with E-state index in [0.717, 1.165) is 40.8 Å². The van der Waals surface area contributed by atoms with Crippen LogP contribution in [0.3, 0.4) is 0 Å². The maximum Gasteiger partial charge on any atom is 0.295 e. The van der Waals surface area contributed by atoms with E-state index in [1.54, 1.807) is 76.3 Å². The highest BCUT2D eigenvalue weighted by Crippen LogP contribution is 2.38. The van der Waals surface area contributed by atoms with Crippen molar-refractivity contribution in [3.63, 3.8) is 0 Å². The minimum Gasteiger partial charge on any atom is -0.355 e. The number of nitrogens with zero attached hydrogens (tertiary/aromatic N) is 1. The third-order valence-corrected chi connectivity index (χ3v) is 12.0. The fraction of sp³-hybridized carbons (Fsp3) is 0.205. The van der Waals surface area contributed by atoms with Crippen LogP contribution >= 0.6 is 0 Å². The van der Waals surface area contributed by atoms with Gasteiger partial charge >= 0.3 is 0 Å². The van der Waals surface area contributed by atoms with Crippen LogP contribution in [0.25, 0.3) is 5.57 Å². The summed E-state index contributed by atoms with van der Waals surface area (Å²) in [4.78, 5) is 3.28. The second-order valence-electron chi connectivity index (χ2n) is 13.8. The van der Waals surface area contributed by atoms with Crippen LogP contribution in [0.1, 0.15) is 44.5 Å². The Morgan fingerprint density at radius 1 is 0.579 bits per heavy atom. The van der Waals surface area contributed by atoms with Crippen LogP contribution in [0.2, 0.25) is 0 Å². The normalized spacial score (nSPS) is 13.4. The fourth-order valence-electron chi connectivity index (χ4n) is 6.67. The lowest BCUT2D eigenvalue weighted by Gasteiger charge is -2.20. The summed E-state index contributed by atoms with van der Waals surface area (Å²) in [5, 5.41) is 3.33. The molecule has 0 bridgehead atoms. The molecule has 14 nitrogen and oxygen atoms in total. The van der Waals surface area contributed by atoms with Crippen LogP contribution in [0.5, 0.6) is 0 Å². The van der Waals surface area contributed by atoms with Crippen molar-refractivity contribution < 1.29 is 42.8 Å². The van der Waals surface area contributed by atoms with Crippen LogP contribution in [-0.4, -0.2) is 61.0 Å². The molecular formula is C39H42N4O10S4. The van der Waals surface area contributed by atoms with Crippen molar-refractivity contribution in [1.82, 2.24) is 0 Å². The van der Waals surface area contributed by atoms with Gasteiger partial charge in [0.15, 0.2) is 0 Å². The molecule has 0 heterocycles. The molecule has 0 unspecified atom stereocenters. The van der Waals surface area contributed by atoms with E-state index >= 15 is 0 Å². The molecule has 0 spiro atoms. The van der Waals surface area contributed by atoms with Gasteiger partial charge in [0.1, 0.15) is 4.90 Å². The van der Waals surface area contributed by atoms with Crippen molar-refractivity contribution in [2.45, 2.75) is 51.3 Å². The highest BCUT2D eigenvalue weighted by Gasteiger charge is 2.25. The number of sulfonamides is 2. The number of allylic oxidation sites excluding steroid dienone is 5. The second-order valence-corrected chi connectivity index (χ2v) is 20.1. The smallest absolute Gasteiger partial charge is 0.295 e. The van der Waals surface area contributed by atoms with Gasteiger partial charge in [-0.3, -0.25) is 18.5 Å². The molecule has 4 aromatic rings. The number of aryl methyl sites for hydroxylation is 4. The number of aliphatic imine (C=N–C) groups is 1. The highest BCUT2D eigenvalue weighted by molar-refractivity contribution is 7.92. The van der Waals surface area contributed by atoms with Crippen molar-refractivity contribution in [2.24, 2.45) is 4.99 Å². The van der Waals surface area contributed by atoms with Crippen LogP contribution in [0, 0.1) is 41.5 Å². The maximum atomic E-state index is 12.8. The molecule has 5 rings (SSSR count). The molecule has 0 aliphatic heterocycles. The predicted molar refractivity (Wildman–Crippen MR) is 225 cm³/mol. The average Bonchev–Trinajstić information content (AvgIpc) is 3.08. The number of rotatable bonds is 11. The summed E-state index contributed by atoms with van der Waals surface area (Å²) in [6.45, 7) is 10.9. The maximum absolute atomic E-state index is 12.8. The topological polar surface area (TPSA) is 225 Å². The monoisotopic (exact) mass is 854 g/mol. The zero-order valence-electron chi connectivity index (χ0n) is 32.2. The lowest BCUT2D eigenvalue weighted by Crippen LogP contribution is -2.13. The van der Waals surface area contributed by atoms with Crippen LogP contribution < -0.4 is 14.8 Å². The summed E-state index contributed by atoms with van der Waals surface area (Å²) in [6.07, 6.45) is 8.78. The minimum absolute atomic E-state index is 0.0706. The molecule has 0 atom stereocenters. The first-order valence-electron chi connectivity index (χ1n) is 17.1. The van der Waals surface area contributed by atoms with E-state index in [9.17, 15) is 42.8 Å². The number of hydrogen-bond acceptors (Lipinski definition) is 10. The molecule has 0 fully saturated rings. The van der Waals surface area contributed by atoms with Gasteiger partial charge in [-0.05, 0) is 128 Å². The summed E-state index contributed by atoms with van der Waals surface area (Å²) >= 11 is 0. The SMILES string of the molecule is Cc1cc(C)c(NS(C)(=O)=O)c(C)c1N=C1C=CC(=C(c2ccc(Nc3c(C)cc(C)c(NS(C)(=O)=O)c3C)cc2)c2ccc(S(=O)(=O)O)cc2S(=O)(=O)O)C=C1. The van der Waals surface area contributed by atoms with Crippen LogP contribution in [0.15, 0.2) is 99.3 Å². The molecule has 0 aromatic heterocycles. The Morgan fingerprint density at radius 2 is 1.09 bits per heavy atom. The molecule has 302 valence electrons. The summed E-state index contributed by atoms with van der Waals surface area (Å²) in [5.41, 5.74) is 8.60. The van der Waals surface area contributed by atoms with Crippen molar-refractivity contribution in [3.8, 4) is 0 Å². The number of benzene rings is 4. The predicted octanol–water partition coefficient (Wildman–Crippen LogP) is 7.22. The lowest BCUT2D eigenvalue weighted by atomic mass is 9.90. The van der Waals surface area contributed by atoms with Gasteiger partial charge in [-0.25, -0.2) is 21.8 Å². The van der Waals surface area contributed by atoms with E-state index in [1.165, 1.54) is 6.07 Å². The van der Waals surface area contributed by atoms with E-state index < -0.39 is 50.1 Å². The summed E-state index contributed by atoms with van der Waals surface area (Å²) < 4.78 is 123. The number of anilines is 4. The zero-order valence-corrected chi connectivity index (χ0v) is 35.5. The van der Waals surface area contributed by atoms with E-state index in [2.05, 4.69) is 14.8 Å². The molecule has 0 saturated carbocycles. The van der Waals surface area contributed by atoms with Crippen molar-refractivity contribution >= 4 is 80.0 Å². The van der Waals surface area contributed by atoms with Crippen molar-refractivity contribution in [2.75, 3.05) is 27.3 Å². The second kappa shape index (κ2) is 15.7. The first-order valence-corrected chi connectivity index (χ1v) is 23.7. The Balaban J connectivity index is 1.65. The Morgan fingerprint density at radius 3 is 1.60 bits per heavy atom. The Hall–Kier alpha value is -5.11. The summed E-state index contributed by atoms with van der Waals surface area (Å²) in [7, 11) is -17.1. The Bertz CT molecular complexity index is 2900. The van der Waals surface area contributed by atoms with Gasteiger partial charge in [0, 0.05) is 16.9 Å². The molecule has 57 heavy (non-hydrogen) atoms. The molecule has 0 amide bonds. The lowest BCUT2D eigenvalue weighted by molar-refractivity contribution is 0.480. The van der Waals surface area contributed by atoms with Crippen LogP contribution in [-0.2, 0) is 40.3 Å². The first kappa shape index (κ1) is 43.0. The van der Waals surface area contributed by atoms with Gasteiger partial charge < -0.3 is 5.32 Å². The largest absolute Gasteiger partial charge is 0.355 e. The molecule has 1 aliphatic carbocycles. The molecule has 5 N–H and O–H groups in total. The van der Waals surface area contributed by atoms with Gasteiger partial charge in [-0.15, -0.1) is 0 Å². The van der Waals surface area contributed by atoms with Gasteiger partial charge in [0.05, 0.1) is 40.2 Å². The van der Waals surface area contributed by atoms with E-state index in [0.29, 0.717) is 62.5 Å². The minimum atomic E-state index is -5.06. The van der Waals surface area contributed by atoms with E-state index in [1.807, 2.05) is 26.0 Å². The zero-order chi connectivity index (χ0) is 42.4. The van der Waals surface area contributed by atoms with Gasteiger partial charge in [-0.2, -0.15) is 16.8 Å². The summed E-state index contributed by atoms with van der Waals surface area (Å²) in [5.74, 6) is 0. The van der Waals surface area contributed by atoms with E-state index in [4.69, 9.17) is 4.99 Å². The molecular weight excluding hydrogens is 813 g/mol. The Labute approximate surface area is 333 Å². The van der Waals surface area contributed by atoms with Crippen molar-refractivity contribution in [1.29, 1.82) is 0 Å². The third-order valence-electron chi connectivity index (χ3n) is 9.12. The molecule has 1 aliphatic rings. The summed E-state index contributed by atoms with van der Waals surface area (Å²) in [6, 6.07) is 13.3. The molecule has 18 heteroatoms. The quantitative estimate of drug-likeness (QED) is 0.0947. The van der Waals surface area contributed by atoms with Crippen molar-refractivity contribution in [3.05, 3.63) is 129 Å². The Kier molecular flexibility index (Phi) is 11.8. The van der Waals surface area contributed by atoms with Crippen LogP contribution in [0.4, 0.5) is 28.4 Å². The fourth-order valence-corrected chi connectivity index (χ4v) is 9.34. The highest BCUT2D eigenvalue weighted by atomic mass is 32.2. The standard InChI is InChI=1S/C39H42N4O10S4/c1-22-19-24(3)38(42-54(7,44)45)26(5)36(22)40-30-13-9-28(10-14-30)35(33-18-17-32(56(48,49)50)21-34(33)57(51,52)53)29-11-15-31(16-12-29)41-37-23(2)20-25(4)39(27(37)6)43-55(8,46)47/h9-21,40,42-43H,1-8H3,(H,48,49,50)(H,51,52,53). The van der Waals surface area contributed by atoms with Gasteiger partial charge in [0.2, 0.25) is 20.0 Å².